The third-order valence-corrected chi connectivity index (χ3v) is 2.79. The Hall–Kier alpha value is -0.520. The summed E-state index contributed by atoms with van der Waals surface area (Å²) in [6.45, 7) is 10.2. The van der Waals surface area contributed by atoms with Gasteiger partial charge in [-0.25, -0.2) is 0 Å². The average Bonchev–Trinajstić information content (AvgIpc) is 2.04. The van der Waals surface area contributed by atoms with Crippen LogP contribution in [0.2, 0.25) is 0 Å². The van der Waals surface area contributed by atoms with Gasteiger partial charge in [0.25, 0.3) is 0 Å². The Morgan fingerprint density at radius 1 is 1.55 bits per heavy atom. The minimum Gasteiger partial charge on any atom is -0.103 e. The molecule has 1 aliphatic rings. The van der Waals surface area contributed by atoms with Gasteiger partial charge in [-0.1, -0.05) is 31.6 Å². The zero-order valence-corrected chi connectivity index (χ0v) is 7.47. The molecule has 0 N–H and O–H groups in total. The first kappa shape index (κ1) is 8.58. The summed E-state index contributed by atoms with van der Waals surface area (Å²) in [5.74, 6) is 1.35. The highest BCUT2D eigenvalue weighted by atomic mass is 14.3. The summed E-state index contributed by atoms with van der Waals surface area (Å²) in [5, 5.41) is 0. The van der Waals surface area contributed by atoms with Crippen molar-refractivity contribution >= 4 is 0 Å². The molecule has 1 aliphatic carbocycles. The van der Waals surface area contributed by atoms with Gasteiger partial charge in [-0.15, -0.1) is 6.58 Å². The van der Waals surface area contributed by atoms with Crippen LogP contribution in [-0.4, -0.2) is 0 Å². The summed E-state index contributed by atoms with van der Waals surface area (Å²) in [5.41, 5.74) is 1.45. The molecule has 1 saturated carbocycles. The Balaban J connectivity index is 2.53. The van der Waals surface area contributed by atoms with Crippen molar-refractivity contribution < 1.29 is 0 Å². The molecule has 0 heterocycles. The maximum Gasteiger partial charge on any atom is -0.0146 e. The van der Waals surface area contributed by atoms with Crippen LogP contribution >= 0.6 is 0 Å². The molecule has 0 aromatic carbocycles. The molecule has 0 aromatic rings. The summed E-state index contributed by atoms with van der Waals surface area (Å²) < 4.78 is 0. The quantitative estimate of drug-likeness (QED) is 0.528. The molecule has 0 bridgehead atoms. The van der Waals surface area contributed by atoms with Gasteiger partial charge in [-0.05, 0) is 31.1 Å². The Morgan fingerprint density at radius 2 is 2.27 bits per heavy atom. The molecule has 0 aromatic heterocycles. The Labute approximate surface area is 70.0 Å². The molecule has 0 nitrogen and oxygen atoms in total. The largest absolute Gasteiger partial charge is 0.103 e. The van der Waals surface area contributed by atoms with Gasteiger partial charge in [0, 0.05) is 0 Å². The van der Waals surface area contributed by atoms with E-state index in [0.717, 1.165) is 5.92 Å². The van der Waals surface area contributed by atoms with Gasteiger partial charge in [0.1, 0.15) is 0 Å². The van der Waals surface area contributed by atoms with E-state index in [1.54, 1.807) is 0 Å². The van der Waals surface area contributed by atoms with Gasteiger partial charge >= 0.3 is 0 Å². The molecule has 11 heavy (non-hydrogen) atoms. The van der Waals surface area contributed by atoms with Crippen LogP contribution in [0.4, 0.5) is 0 Å². The Morgan fingerprint density at radius 3 is 2.82 bits per heavy atom. The van der Waals surface area contributed by atoms with Gasteiger partial charge < -0.3 is 0 Å². The lowest BCUT2D eigenvalue weighted by Gasteiger charge is -2.27. The highest BCUT2D eigenvalue weighted by Crippen LogP contribution is 2.33. The van der Waals surface area contributed by atoms with Crippen molar-refractivity contribution in [2.45, 2.75) is 32.6 Å². The Bertz CT molecular complexity index is 155. The molecule has 1 fully saturated rings. The van der Waals surface area contributed by atoms with Gasteiger partial charge in [0.15, 0.2) is 0 Å². The van der Waals surface area contributed by atoms with E-state index in [4.69, 9.17) is 0 Å². The first-order valence-corrected chi connectivity index (χ1v) is 4.56. The monoisotopic (exact) mass is 150 g/mol. The van der Waals surface area contributed by atoms with E-state index in [0.29, 0.717) is 5.92 Å². The summed E-state index contributed by atoms with van der Waals surface area (Å²) in [6.07, 6.45) is 7.34. The molecule has 1 rings (SSSR count). The lowest BCUT2D eigenvalue weighted by Crippen LogP contribution is -2.15. The highest BCUT2D eigenvalue weighted by Gasteiger charge is 2.20. The van der Waals surface area contributed by atoms with E-state index in [-0.39, 0.29) is 0 Å². The third-order valence-electron chi connectivity index (χ3n) is 2.79. The number of hydrogen-bond donors (Lipinski definition) is 0. The van der Waals surface area contributed by atoms with Gasteiger partial charge in [0.2, 0.25) is 0 Å². The second-order valence-electron chi connectivity index (χ2n) is 3.61. The fraction of sp³-hybridized carbons (Fsp3) is 0.636. The van der Waals surface area contributed by atoms with E-state index < -0.39 is 0 Å². The van der Waals surface area contributed by atoms with Crippen LogP contribution in [0.1, 0.15) is 32.6 Å². The van der Waals surface area contributed by atoms with Crippen LogP contribution in [0.25, 0.3) is 0 Å². The normalized spacial score (nSPS) is 28.1. The van der Waals surface area contributed by atoms with E-state index in [9.17, 15) is 0 Å². The van der Waals surface area contributed by atoms with Crippen molar-refractivity contribution in [2.75, 3.05) is 0 Å². The molecule has 62 valence electrons. The zero-order valence-electron chi connectivity index (χ0n) is 7.47. The highest BCUT2D eigenvalue weighted by molar-refractivity contribution is 5.07. The smallest absolute Gasteiger partial charge is 0.0146 e. The van der Waals surface area contributed by atoms with Crippen LogP contribution in [-0.2, 0) is 0 Å². The van der Waals surface area contributed by atoms with Gasteiger partial charge in [-0.2, -0.15) is 0 Å². The van der Waals surface area contributed by atoms with E-state index in [2.05, 4.69) is 26.2 Å². The minimum atomic E-state index is 0.628. The van der Waals surface area contributed by atoms with Gasteiger partial charge in [0.05, 0.1) is 0 Å². The van der Waals surface area contributed by atoms with E-state index in [1.807, 2.05) is 0 Å². The average molecular weight is 150 g/mol. The van der Waals surface area contributed by atoms with Crippen molar-refractivity contribution in [3.63, 3.8) is 0 Å². The van der Waals surface area contributed by atoms with E-state index >= 15 is 0 Å². The fourth-order valence-corrected chi connectivity index (χ4v) is 1.90. The van der Waals surface area contributed by atoms with Crippen LogP contribution < -0.4 is 0 Å². The van der Waals surface area contributed by atoms with Gasteiger partial charge in [-0.3, -0.25) is 0 Å². The molecule has 0 heteroatoms. The third kappa shape index (κ3) is 1.95. The van der Waals surface area contributed by atoms with Crippen molar-refractivity contribution in [1.82, 2.24) is 0 Å². The minimum absolute atomic E-state index is 0.628. The maximum atomic E-state index is 4.12. The molecular formula is C11H18. The lowest BCUT2D eigenvalue weighted by molar-refractivity contribution is 0.384. The molecular weight excluding hydrogens is 132 g/mol. The summed E-state index contributed by atoms with van der Waals surface area (Å²) in [7, 11) is 0. The number of allylic oxidation sites excluding steroid dienone is 2. The Kier molecular flexibility index (Phi) is 2.92. The van der Waals surface area contributed by atoms with Crippen molar-refractivity contribution in [3.8, 4) is 0 Å². The van der Waals surface area contributed by atoms with Crippen LogP contribution in [0.3, 0.4) is 0 Å². The van der Waals surface area contributed by atoms with Crippen LogP contribution in [0.5, 0.6) is 0 Å². The van der Waals surface area contributed by atoms with E-state index in [1.165, 1.54) is 31.3 Å². The van der Waals surface area contributed by atoms with Crippen LogP contribution in [0, 0.1) is 11.8 Å². The fourth-order valence-electron chi connectivity index (χ4n) is 1.90. The molecule has 2 unspecified atom stereocenters. The zero-order chi connectivity index (χ0) is 8.27. The standard InChI is InChI=1S/C11H18/c1-4-9(2)11-8-6-5-7-10(11)3/h4,9,11H,1,3,5-8H2,2H3. The molecule has 0 aliphatic heterocycles. The summed E-state index contributed by atoms with van der Waals surface area (Å²) in [4.78, 5) is 0. The molecule has 2 atom stereocenters. The van der Waals surface area contributed by atoms with Crippen molar-refractivity contribution in [2.24, 2.45) is 11.8 Å². The SMILES string of the molecule is C=CC(C)C1CCCCC1=C. The number of rotatable bonds is 2. The van der Waals surface area contributed by atoms with Crippen molar-refractivity contribution in [3.05, 3.63) is 24.8 Å². The molecule has 0 saturated heterocycles. The second-order valence-corrected chi connectivity index (χ2v) is 3.61. The first-order chi connectivity index (χ1) is 5.25. The summed E-state index contributed by atoms with van der Waals surface area (Å²) >= 11 is 0. The van der Waals surface area contributed by atoms with Crippen LogP contribution in [0.15, 0.2) is 24.8 Å². The molecule has 0 radical (unpaired) electrons. The molecule has 0 spiro atoms. The predicted molar refractivity (Wildman–Crippen MR) is 50.5 cm³/mol. The summed E-state index contributed by atoms with van der Waals surface area (Å²) in [6, 6.07) is 0. The molecule has 0 amide bonds. The predicted octanol–water partition coefficient (Wildman–Crippen LogP) is 3.55. The van der Waals surface area contributed by atoms with Crippen molar-refractivity contribution in [1.29, 1.82) is 0 Å². The topological polar surface area (TPSA) is 0 Å². The second kappa shape index (κ2) is 3.75. The number of hydrogen-bond acceptors (Lipinski definition) is 0. The maximum absolute atomic E-state index is 4.12. The lowest BCUT2D eigenvalue weighted by atomic mass is 9.78. The first-order valence-electron chi connectivity index (χ1n) is 4.56.